The van der Waals surface area contributed by atoms with Gasteiger partial charge in [-0.3, -0.25) is 4.72 Å². The molecule has 0 amide bonds. The minimum Gasteiger partial charge on any atom is -0.461 e. The Morgan fingerprint density at radius 2 is 2.18 bits per heavy atom. The molecule has 0 aliphatic rings. The molecule has 0 spiro atoms. The quantitative estimate of drug-likeness (QED) is 0.817. The lowest BCUT2D eigenvalue weighted by Gasteiger charge is -2.05. The molecule has 0 aliphatic heterocycles. The van der Waals surface area contributed by atoms with Crippen molar-refractivity contribution in [1.82, 2.24) is 4.98 Å². The Morgan fingerprint density at radius 1 is 1.41 bits per heavy atom. The lowest BCUT2D eigenvalue weighted by atomic mass is 10.2. The molecule has 0 bridgehead atoms. The average molecular weight is 340 g/mol. The van der Waals surface area contributed by atoms with Crippen molar-refractivity contribution in [2.75, 3.05) is 11.3 Å². The van der Waals surface area contributed by atoms with Crippen LogP contribution in [0.15, 0.2) is 29.6 Å². The van der Waals surface area contributed by atoms with E-state index >= 15 is 0 Å². The SMILES string of the molecule is CCOC(=O)c1csc(NS(=O)(=O)Cc2cccc(C)c2)n1. The van der Waals surface area contributed by atoms with Crippen molar-refractivity contribution in [3.05, 3.63) is 46.5 Å². The summed E-state index contributed by atoms with van der Waals surface area (Å²) in [6.07, 6.45) is 0. The Labute approximate surface area is 133 Å². The second kappa shape index (κ2) is 6.89. The summed E-state index contributed by atoms with van der Waals surface area (Å²) in [6.45, 7) is 3.83. The van der Waals surface area contributed by atoms with Gasteiger partial charge in [0, 0.05) is 5.38 Å². The smallest absolute Gasteiger partial charge is 0.357 e. The molecule has 118 valence electrons. The van der Waals surface area contributed by atoms with Crippen LogP contribution in [0.3, 0.4) is 0 Å². The normalized spacial score (nSPS) is 11.2. The molecule has 1 N–H and O–H groups in total. The van der Waals surface area contributed by atoms with E-state index < -0.39 is 16.0 Å². The molecule has 6 nitrogen and oxygen atoms in total. The molecule has 0 radical (unpaired) electrons. The standard InChI is InChI=1S/C14H16N2O4S2/c1-3-20-13(17)12-8-21-14(15-12)16-22(18,19)9-11-6-4-5-10(2)7-11/h4-8H,3,9H2,1-2H3,(H,15,16). The summed E-state index contributed by atoms with van der Waals surface area (Å²) in [5.41, 5.74) is 1.78. The fourth-order valence-corrected chi connectivity index (χ4v) is 3.91. The highest BCUT2D eigenvalue weighted by molar-refractivity contribution is 7.92. The van der Waals surface area contributed by atoms with E-state index in [9.17, 15) is 13.2 Å². The Balaban J connectivity index is 2.07. The minimum absolute atomic E-state index is 0.0973. The van der Waals surface area contributed by atoms with Gasteiger partial charge in [-0.2, -0.15) is 0 Å². The molecular formula is C14H16N2O4S2. The molecule has 1 heterocycles. The second-order valence-electron chi connectivity index (χ2n) is 4.61. The number of aromatic nitrogens is 1. The van der Waals surface area contributed by atoms with Crippen LogP contribution in [0, 0.1) is 6.92 Å². The number of esters is 1. The first-order valence-electron chi connectivity index (χ1n) is 6.58. The number of hydrogen-bond donors (Lipinski definition) is 1. The number of nitrogens with one attached hydrogen (secondary N) is 1. The fourth-order valence-electron chi connectivity index (χ4n) is 1.81. The number of sulfonamides is 1. The molecule has 22 heavy (non-hydrogen) atoms. The van der Waals surface area contributed by atoms with Crippen molar-refractivity contribution in [2.24, 2.45) is 0 Å². The van der Waals surface area contributed by atoms with Crippen molar-refractivity contribution < 1.29 is 17.9 Å². The van der Waals surface area contributed by atoms with Crippen molar-refractivity contribution in [2.45, 2.75) is 19.6 Å². The topological polar surface area (TPSA) is 85.4 Å². The Morgan fingerprint density at radius 3 is 2.86 bits per heavy atom. The number of aryl methyl sites for hydroxylation is 1. The molecule has 2 rings (SSSR count). The largest absolute Gasteiger partial charge is 0.461 e. The second-order valence-corrected chi connectivity index (χ2v) is 7.19. The number of rotatable bonds is 6. The van der Waals surface area contributed by atoms with Crippen molar-refractivity contribution in [1.29, 1.82) is 0 Å². The zero-order valence-electron chi connectivity index (χ0n) is 12.2. The summed E-state index contributed by atoms with van der Waals surface area (Å²) >= 11 is 1.04. The fraction of sp³-hybridized carbons (Fsp3) is 0.286. The van der Waals surface area contributed by atoms with E-state index in [4.69, 9.17) is 4.74 Å². The average Bonchev–Trinajstić information content (AvgIpc) is 2.86. The number of carbonyl (C=O) groups is 1. The van der Waals surface area contributed by atoms with Gasteiger partial charge in [0.25, 0.3) is 0 Å². The molecule has 0 aliphatic carbocycles. The number of ether oxygens (including phenoxy) is 1. The molecule has 0 fully saturated rings. The number of benzene rings is 1. The van der Waals surface area contributed by atoms with Crippen LogP contribution >= 0.6 is 11.3 Å². The van der Waals surface area contributed by atoms with E-state index in [2.05, 4.69) is 9.71 Å². The van der Waals surface area contributed by atoms with Gasteiger partial charge >= 0.3 is 5.97 Å². The number of hydrogen-bond acceptors (Lipinski definition) is 6. The first-order valence-corrected chi connectivity index (χ1v) is 9.11. The van der Waals surface area contributed by atoms with Crippen LogP contribution in [0.1, 0.15) is 28.5 Å². The Kier molecular flexibility index (Phi) is 5.15. The molecule has 1 aromatic carbocycles. The zero-order valence-corrected chi connectivity index (χ0v) is 13.8. The zero-order chi connectivity index (χ0) is 16.2. The third-order valence-electron chi connectivity index (χ3n) is 2.67. The highest BCUT2D eigenvalue weighted by Gasteiger charge is 2.17. The van der Waals surface area contributed by atoms with E-state index in [0.717, 1.165) is 16.9 Å². The van der Waals surface area contributed by atoms with Crippen LogP contribution in [0.25, 0.3) is 0 Å². The lowest BCUT2D eigenvalue weighted by Crippen LogP contribution is -2.15. The number of thiazole rings is 1. The minimum atomic E-state index is -3.58. The van der Waals surface area contributed by atoms with E-state index in [1.54, 1.807) is 13.0 Å². The van der Waals surface area contributed by atoms with Crippen LogP contribution in [-0.4, -0.2) is 26.0 Å². The number of carbonyl (C=O) groups excluding carboxylic acids is 1. The maximum atomic E-state index is 12.1. The van der Waals surface area contributed by atoms with Crippen molar-refractivity contribution in [3.63, 3.8) is 0 Å². The summed E-state index contributed by atoms with van der Waals surface area (Å²) < 4.78 is 31.4. The summed E-state index contributed by atoms with van der Waals surface area (Å²) in [5.74, 6) is -0.717. The van der Waals surface area contributed by atoms with Gasteiger partial charge in [-0.15, -0.1) is 11.3 Å². The maximum absolute atomic E-state index is 12.1. The number of anilines is 1. The maximum Gasteiger partial charge on any atom is 0.357 e. The van der Waals surface area contributed by atoms with Crippen LogP contribution < -0.4 is 4.72 Å². The van der Waals surface area contributed by atoms with Gasteiger partial charge in [0.05, 0.1) is 12.4 Å². The van der Waals surface area contributed by atoms with Crippen LogP contribution in [0.5, 0.6) is 0 Å². The van der Waals surface area contributed by atoms with Gasteiger partial charge in [0.1, 0.15) is 0 Å². The molecule has 0 saturated carbocycles. The summed E-state index contributed by atoms with van der Waals surface area (Å²) in [5, 5.41) is 1.61. The predicted octanol–water partition coefficient (Wildman–Crippen LogP) is 2.57. The lowest BCUT2D eigenvalue weighted by molar-refractivity contribution is 0.0520. The third kappa shape index (κ3) is 4.54. The van der Waals surface area contributed by atoms with E-state index in [-0.39, 0.29) is 23.2 Å². The van der Waals surface area contributed by atoms with Crippen LogP contribution in [0.2, 0.25) is 0 Å². The van der Waals surface area contributed by atoms with Crippen molar-refractivity contribution >= 4 is 32.5 Å². The molecule has 8 heteroatoms. The first-order chi connectivity index (χ1) is 10.4. The van der Waals surface area contributed by atoms with Crippen molar-refractivity contribution in [3.8, 4) is 0 Å². The molecule has 2 aromatic rings. The van der Waals surface area contributed by atoms with Crippen LogP contribution in [0.4, 0.5) is 5.13 Å². The molecule has 0 saturated heterocycles. The summed E-state index contributed by atoms with van der Waals surface area (Å²) in [6, 6.07) is 7.27. The molecule has 1 aromatic heterocycles. The van der Waals surface area contributed by atoms with E-state index in [0.29, 0.717) is 5.56 Å². The predicted molar refractivity (Wildman–Crippen MR) is 85.5 cm³/mol. The Bertz CT molecular complexity index is 769. The first kappa shape index (κ1) is 16.4. The number of nitrogens with zero attached hydrogens (tertiary/aromatic N) is 1. The highest BCUT2D eigenvalue weighted by Crippen LogP contribution is 2.19. The molecule has 0 unspecified atom stereocenters. The molecular weight excluding hydrogens is 324 g/mol. The van der Waals surface area contributed by atoms with Gasteiger partial charge < -0.3 is 4.74 Å². The van der Waals surface area contributed by atoms with Gasteiger partial charge in [-0.1, -0.05) is 29.8 Å². The van der Waals surface area contributed by atoms with Gasteiger partial charge in [-0.05, 0) is 19.4 Å². The summed E-state index contributed by atoms with van der Waals surface area (Å²) in [7, 11) is -3.58. The van der Waals surface area contributed by atoms with Gasteiger partial charge in [0.2, 0.25) is 10.0 Å². The van der Waals surface area contributed by atoms with E-state index in [1.807, 2.05) is 25.1 Å². The van der Waals surface area contributed by atoms with Gasteiger partial charge in [-0.25, -0.2) is 18.2 Å². The van der Waals surface area contributed by atoms with E-state index in [1.165, 1.54) is 5.38 Å². The molecule has 0 atom stereocenters. The summed E-state index contributed by atoms with van der Waals surface area (Å²) in [4.78, 5) is 15.4. The highest BCUT2D eigenvalue weighted by atomic mass is 32.2. The third-order valence-corrected chi connectivity index (χ3v) is 4.78. The van der Waals surface area contributed by atoms with Crippen LogP contribution in [-0.2, 0) is 20.5 Å². The van der Waals surface area contributed by atoms with Gasteiger partial charge in [0.15, 0.2) is 10.8 Å². The Hall–Kier alpha value is -1.93. The monoisotopic (exact) mass is 340 g/mol.